The molecule has 0 saturated carbocycles. The van der Waals surface area contributed by atoms with Crippen molar-refractivity contribution in [3.8, 4) is 5.75 Å². The van der Waals surface area contributed by atoms with Gasteiger partial charge in [0.15, 0.2) is 0 Å². The Kier molecular flexibility index (Phi) is 6.31. The Balaban J connectivity index is 1.62. The number of ether oxygens (including phenoxy) is 1. The minimum Gasteiger partial charge on any atom is -0.492 e. The van der Waals surface area contributed by atoms with Crippen molar-refractivity contribution in [2.75, 3.05) is 13.2 Å². The number of rotatable bonds is 5. The maximum atomic E-state index is 13.4. The van der Waals surface area contributed by atoms with Gasteiger partial charge in [0.2, 0.25) is 0 Å². The van der Waals surface area contributed by atoms with Crippen molar-refractivity contribution in [3.63, 3.8) is 0 Å². The Morgan fingerprint density at radius 2 is 2.15 bits per heavy atom. The third kappa shape index (κ3) is 3.91. The van der Waals surface area contributed by atoms with E-state index in [0.717, 1.165) is 18.4 Å². The Hall–Kier alpha value is -2.74. The lowest BCUT2D eigenvalue weighted by Gasteiger charge is -2.51. The Bertz CT molecular complexity index is 1010. The molecule has 4 rings (SSSR count). The van der Waals surface area contributed by atoms with Crippen LogP contribution in [0.25, 0.3) is 0 Å². The minimum atomic E-state index is -0.863. The summed E-state index contributed by atoms with van der Waals surface area (Å²) in [5.41, 5.74) is 6.91. The molecule has 1 amide bonds. The average molecular weight is 470 g/mol. The maximum Gasteiger partial charge on any atom is 0.255 e. The molecule has 0 bridgehead atoms. The van der Waals surface area contributed by atoms with Crippen LogP contribution in [0, 0.1) is 0 Å². The molecule has 186 valence electrons. The first-order valence-electron chi connectivity index (χ1n) is 12.3. The number of hydrogen-bond acceptors (Lipinski definition) is 6. The maximum absolute atomic E-state index is 13.4. The van der Waals surface area contributed by atoms with Gasteiger partial charge in [-0.3, -0.25) is 9.79 Å². The molecule has 1 aromatic carbocycles. The first-order chi connectivity index (χ1) is 16.0. The lowest BCUT2D eigenvalue weighted by molar-refractivity contribution is 0.00302. The van der Waals surface area contributed by atoms with Gasteiger partial charge < -0.3 is 31.1 Å². The predicted octanol–water partition coefficient (Wildman–Crippen LogP) is 2.27. The fraction of sp³-hybridized carbons (Fsp3) is 0.615. The Morgan fingerprint density at radius 3 is 2.85 bits per heavy atom. The summed E-state index contributed by atoms with van der Waals surface area (Å²) >= 11 is 0. The van der Waals surface area contributed by atoms with Crippen molar-refractivity contribution in [1.82, 2.24) is 15.5 Å². The van der Waals surface area contributed by atoms with Gasteiger partial charge in [0.1, 0.15) is 11.9 Å². The van der Waals surface area contributed by atoms with Gasteiger partial charge in [-0.2, -0.15) is 0 Å². The highest BCUT2D eigenvalue weighted by atomic mass is 16.5. The summed E-state index contributed by atoms with van der Waals surface area (Å²) in [5, 5.41) is 18.0. The van der Waals surface area contributed by atoms with Crippen molar-refractivity contribution < 1.29 is 14.6 Å². The zero-order valence-electron chi connectivity index (χ0n) is 21.0. The molecule has 3 aliphatic rings. The van der Waals surface area contributed by atoms with E-state index in [2.05, 4.69) is 38.0 Å². The number of aliphatic hydroxyl groups is 1. The van der Waals surface area contributed by atoms with Gasteiger partial charge in [-0.15, -0.1) is 0 Å². The van der Waals surface area contributed by atoms with Crippen LogP contribution in [0.15, 0.2) is 35.6 Å². The second-order valence-electron chi connectivity index (χ2n) is 10.7. The van der Waals surface area contributed by atoms with Crippen molar-refractivity contribution in [2.24, 2.45) is 10.7 Å². The number of amides is 1. The third-order valence-corrected chi connectivity index (χ3v) is 7.82. The highest BCUT2D eigenvalue weighted by Gasteiger charge is 2.59. The van der Waals surface area contributed by atoms with E-state index < -0.39 is 17.7 Å². The number of amidine groups is 1. The summed E-state index contributed by atoms with van der Waals surface area (Å²) in [4.78, 5) is 20.3. The number of fused-ring (bicyclic) bond motifs is 2. The molecule has 8 nitrogen and oxygen atoms in total. The zero-order valence-corrected chi connectivity index (χ0v) is 21.0. The minimum absolute atomic E-state index is 0.0614. The van der Waals surface area contributed by atoms with Crippen LogP contribution in [0.4, 0.5) is 0 Å². The monoisotopic (exact) mass is 469 g/mol. The lowest BCUT2D eigenvalue weighted by atomic mass is 9.79. The summed E-state index contributed by atoms with van der Waals surface area (Å²) in [5.74, 6) is 1.68. The third-order valence-electron chi connectivity index (χ3n) is 7.82. The lowest BCUT2D eigenvalue weighted by Crippen LogP contribution is -2.67. The van der Waals surface area contributed by atoms with Crippen LogP contribution in [0.1, 0.15) is 69.8 Å². The zero-order chi connectivity index (χ0) is 24.8. The largest absolute Gasteiger partial charge is 0.492 e. The standard InChI is InChI=1S/C26H39N5O3/c1-7-9-20(27)30-22-15(2)28-16(3)31-14-19(23(32)26(22,31)6)29-24(33)17-10-8-11-18-21(17)34-13-12-25(18,4)5/h8,10-11,15,19,22-23,28,32H,3,7,9,12-14H2,1-2,4-6H3,(H2,27,30)(H,29,33)/t15?,19?,22?,23?,26-/m0/s1. The van der Waals surface area contributed by atoms with Crippen LogP contribution in [0.5, 0.6) is 5.75 Å². The topological polar surface area (TPSA) is 112 Å². The molecular weight excluding hydrogens is 430 g/mol. The molecule has 2 fully saturated rings. The SMILES string of the molecule is C=C1NC(C)C(N=C(N)CCC)[C@@]2(C)C(O)C(NC(=O)c3cccc4c3OCCC4(C)C)CN12. The van der Waals surface area contributed by atoms with Gasteiger partial charge in [0.05, 0.1) is 41.4 Å². The normalized spacial score (nSPS) is 32.4. The van der Waals surface area contributed by atoms with Crippen LogP contribution >= 0.6 is 0 Å². The van der Waals surface area contributed by atoms with Crippen molar-refractivity contribution in [2.45, 2.75) is 89.1 Å². The molecule has 0 aliphatic carbocycles. The van der Waals surface area contributed by atoms with Gasteiger partial charge >= 0.3 is 0 Å². The molecule has 2 saturated heterocycles. The molecule has 3 heterocycles. The highest BCUT2D eigenvalue weighted by Crippen LogP contribution is 2.42. The number of hydrogen-bond donors (Lipinski definition) is 4. The van der Waals surface area contributed by atoms with Gasteiger partial charge in [-0.1, -0.05) is 39.5 Å². The van der Waals surface area contributed by atoms with Crippen LogP contribution in [-0.4, -0.2) is 64.7 Å². The number of aliphatic hydroxyl groups excluding tert-OH is 1. The predicted molar refractivity (Wildman–Crippen MR) is 134 cm³/mol. The van der Waals surface area contributed by atoms with E-state index in [1.165, 1.54) is 0 Å². The first-order valence-corrected chi connectivity index (χ1v) is 12.3. The molecule has 4 unspecified atom stereocenters. The van der Waals surface area contributed by atoms with Gasteiger partial charge in [-0.05, 0) is 38.2 Å². The van der Waals surface area contributed by atoms with Crippen molar-refractivity contribution in [3.05, 3.63) is 41.7 Å². The van der Waals surface area contributed by atoms with Gasteiger partial charge in [0, 0.05) is 24.6 Å². The number of benzene rings is 1. The molecule has 8 heteroatoms. The van der Waals surface area contributed by atoms with E-state index in [-0.39, 0.29) is 23.4 Å². The quantitative estimate of drug-likeness (QED) is 0.389. The fourth-order valence-electron chi connectivity index (χ4n) is 5.78. The number of nitrogens with zero attached hydrogens (tertiary/aromatic N) is 2. The van der Waals surface area contributed by atoms with Crippen molar-refractivity contribution >= 4 is 11.7 Å². The number of aliphatic imine (C=N–C) groups is 1. The molecule has 34 heavy (non-hydrogen) atoms. The number of carbonyl (C=O) groups is 1. The van der Waals surface area contributed by atoms with Crippen LogP contribution < -0.4 is 21.1 Å². The van der Waals surface area contributed by atoms with E-state index in [1.807, 2.05) is 30.9 Å². The molecule has 5 N–H and O–H groups in total. The number of nitrogens with one attached hydrogen (secondary N) is 2. The van der Waals surface area contributed by atoms with E-state index in [1.54, 1.807) is 6.07 Å². The summed E-state index contributed by atoms with van der Waals surface area (Å²) in [6.45, 7) is 15.6. The van der Waals surface area contributed by atoms with E-state index in [0.29, 0.717) is 42.5 Å². The first kappa shape index (κ1) is 24.4. The summed E-state index contributed by atoms with van der Waals surface area (Å²) in [6.07, 6.45) is 1.64. The van der Waals surface area contributed by atoms with Crippen LogP contribution in [0.2, 0.25) is 0 Å². The second kappa shape index (κ2) is 8.80. The molecule has 0 radical (unpaired) electrons. The van der Waals surface area contributed by atoms with Crippen LogP contribution in [-0.2, 0) is 5.41 Å². The van der Waals surface area contributed by atoms with E-state index in [9.17, 15) is 9.90 Å². The fourth-order valence-corrected chi connectivity index (χ4v) is 5.78. The number of carbonyl (C=O) groups excluding carboxylic acids is 1. The molecule has 3 aliphatic heterocycles. The van der Waals surface area contributed by atoms with E-state index >= 15 is 0 Å². The molecule has 0 aromatic heterocycles. The summed E-state index contributed by atoms with van der Waals surface area (Å²) < 4.78 is 5.94. The van der Waals surface area contributed by atoms with E-state index in [4.69, 9.17) is 15.5 Å². The van der Waals surface area contributed by atoms with Gasteiger partial charge in [0.25, 0.3) is 5.91 Å². The molecule has 1 aromatic rings. The Labute approximate surface area is 202 Å². The summed E-state index contributed by atoms with van der Waals surface area (Å²) in [6, 6.07) is 4.85. The summed E-state index contributed by atoms with van der Waals surface area (Å²) in [7, 11) is 0. The molecular formula is C26H39N5O3. The Morgan fingerprint density at radius 1 is 1.41 bits per heavy atom. The number of para-hydroxylation sites is 1. The van der Waals surface area contributed by atoms with Crippen molar-refractivity contribution in [1.29, 1.82) is 0 Å². The average Bonchev–Trinajstić information content (AvgIpc) is 3.02. The smallest absolute Gasteiger partial charge is 0.255 e. The highest BCUT2D eigenvalue weighted by molar-refractivity contribution is 5.98. The molecule has 0 spiro atoms. The van der Waals surface area contributed by atoms with Crippen LogP contribution in [0.3, 0.4) is 0 Å². The second-order valence-corrected chi connectivity index (χ2v) is 10.7. The molecule has 5 atom stereocenters. The van der Waals surface area contributed by atoms with Gasteiger partial charge in [-0.25, -0.2) is 0 Å². The number of nitrogens with two attached hydrogens (primary N) is 1.